The van der Waals surface area contributed by atoms with Gasteiger partial charge in [0, 0.05) is 0 Å². The molecule has 7 N–H and O–H groups in total. The maximum Gasteiger partial charge on any atom is 0.337 e. The highest BCUT2D eigenvalue weighted by molar-refractivity contribution is 5.98. The Morgan fingerprint density at radius 2 is 1.27 bits per heavy atom. The zero-order valence-electron chi connectivity index (χ0n) is 11.2. The molecule has 2 aromatic carbocycles. The van der Waals surface area contributed by atoms with E-state index in [0.29, 0.717) is 0 Å². The SMILES string of the molecule is NC(=O)c1cccc(F)c1N.Nc1c(F)cccc1C(=O)O. The zero-order chi connectivity index (χ0) is 16.9. The summed E-state index contributed by atoms with van der Waals surface area (Å²) in [4.78, 5) is 20.9. The fourth-order valence-corrected chi connectivity index (χ4v) is 1.48. The van der Waals surface area contributed by atoms with Gasteiger partial charge in [0.2, 0.25) is 0 Å². The Morgan fingerprint density at radius 1 is 0.864 bits per heavy atom. The number of nitrogen functional groups attached to an aromatic ring is 2. The topological polar surface area (TPSA) is 132 Å². The van der Waals surface area contributed by atoms with Gasteiger partial charge < -0.3 is 22.3 Å². The summed E-state index contributed by atoms with van der Waals surface area (Å²) in [7, 11) is 0. The van der Waals surface area contributed by atoms with Crippen molar-refractivity contribution < 1.29 is 23.5 Å². The van der Waals surface area contributed by atoms with Crippen molar-refractivity contribution >= 4 is 23.3 Å². The minimum atomic E-state index is -1.22. The molecule has 0 saturated heterocycles. The highest BCUT2D eigenvalue weighted by atomic mass is 19.1. The van der Waals surface area contributed by atoms with Crippen LogP contribution in [-0.2, 0) is 0 Å². The third-order valence-corrected chi connectivity index (χ3v) is 2.60. The molecule has 0 radical (unpaired) electrons. The molecule has 0 saturated carbocycles. The van der Waals surface area contributed by atoms with Crippen LogP contribution in [0.1, 0.15) is 20.7 Å². The summed E-state index contributed by atoms with van der Waals surface area (Å²) in [6.45, 7) is 0. The number of nitrogens with two attached hydrogens (primary N) is 3. The molecular formula is C14H13F2N3O3. The minimum Gasteiger partial charge on any atom is -0.478 e. The lowest BCUT2D eigenvalue weighted by Gasteiger charge is -2.00. The standard InChI is InChI=1S/C7H7FN2O.C7H6FNO2/c2*8-5-3-1-2-4(6(5)9)7(10)11/h1-3H,9H2,(H2,10,11);1-3H,9H2,(H,10,11). The number of carboxylic acids is 1. The molecular weight excluding hydrogens is 296 g/mol. The Labute approximate surface area is 124 Å². The number of halogens is 2. The summed E-state index contributed by atoms with van der Waals surface area (Å²) in [5, 5.41) is 8.44. The smallest absolute Gasteiger partial charge is 0.337 e. The first-order valence-electron chi connectivity index (χ1n) is 5.86. The van der Waals surface area contributed by atoms with Gasteiger partial charge in [-0.2, -0.15) is 0 Å². The summed E-state index contributed by atoms with van der Waals surface area (Å²) >= 11 is 0. The van der Waals surface area contributed by atoms with E-state index in [1.165, 1.54) is 30.3 Å². The van der Waals surface area contributed by atoms with Crippen molar-refractivity contribution in [2.75, 3.05) is 11.5 Å². The Morgan fingerprint density at radius 3 is 1.59 bits per heavy atom. The molecule has 0 aliphatic rings. The second-order valence-electron chi connectivity index (χ2n) is 4.07. The maximum atomic E-state index is 12.6. The molecule has 0 unspecified atom stereocenters. The van der Waals surface area contributed by atoms with Crippen molar-refractivity contribution in [2.24, 2.45) is 5.73 Å². The maximum absolute atomic E-state index is 12.6. The predicted molar refractivity (Wildman–Crippen MR) is 77.1 cm³/mol. The minimum absolute atomic E-state index is 0.0185. The third-order valence-electron chi connectivity index (χ3n) is 2.60. The molecule has 0 heterocycles. The lowest BCUT2D eigenvalue weighted by atomic mass is 10.1. The largest absolute Gasteiger partial charge is 0.478 e. The second kappa shape index (κ2) is 7.02. The lowest BCUT2D eigenvalue weighted by Crippen LogP contribution is -2.14. The van der Waals surface area contributed by atoms with E-state index < -0.39 is 23.5 Å². The second-order valence-corrected chi connectivity index (χ2v) is 4.07. The van der Waals surface area contributed by atoms with Crippen LogP contribution in [-0.4, -0.2) is 17.0 Å². The van der Waals surface area contributed by atoms with Gasteiger partial charge in [-0.15, -0.1) is 0 Å². The van der Waals surface area contributed by atoms with Crippen molar-refractivity contribution in [3.8, 4) is 0 Å². The molecule has 1 amide bonds. The molecule has 6 nitrogen and oxygen atoms in total. The number of carbonyl (C=O) groups is 2. The number of amides is 1. The van der Waals surface area contributed by atoms with Gasteiger partial charge in [0.15, 0.2) is 0 Å². The number of carbonyl (C=O) groups excluding carboxylic acids is 1. The van der Waals surface area contributed by atoms with Crippen LogP contribution in [0.2, 0.25) is 0 Å². The lowest BCUT2D eigenvalue weighted by molar-refractivity contribution is 0.0697. The van der Waals surface area contributed by atoms with Gasteiger partial charge >= 0.3 is 5.97 Å². The van der Waals surface area contributed by atoms with Crippen LogP contribution in [0.25, 0.3) is 0 Å². The van der Waals surface area contributed by atoms with Crippen LogP contribution in [0, 0.1) is 11.6 Å². The van der Waals surface area contributed by atoms with Crippen LogP contribution in [0.5, 0.6) is 0 Å². The van der Waals surface area contributed by atoms with Gasteiger partial charge in [0.25, 0.3) is 5.91 Å². The first-order chi connectivity index (χ1) is 10.3. The van der Waals surface area contributed by atoms with Crippen molar-refractivity contribution in [1.29, 1.82) is 0 Å². The Kier molecular flexibility index (Phi) is 5.39. The number of hydrogen-bond acceptors (Lipinski definition) is 4. The van der Waals surface area contributed by atoms with Gasteiger partial charge in [0.1, 0.15) is 11.6 Å². The fraction of sp³-hybridized carbons (Fsp3) is 0. The Hall–Kier alpha value is -3.16. The van der Waals surface area contributed by atoms with Crippen LogP contribution >= 0.6 is 0 Å². The highest BCUT2D eigenvalue weighted by Crippen LogP contribution is 2.15. The molecule has 0 atom stereocenters. The van der Waals surface area contributed by atoms with Crippen molar-refractivity contribution in [3.63, 3.8) is 0 Å². The van der Waals surface area contributed by atoms with Gasteiger partial charge in [-0.1, -0.05) is 12.1 Å². The van der Waals surface area contributed by atoms with Gasteiger partial charge in [-0.25, -0.2) is 13.6 Å². The van der Waals surface area contributed by atoms with Crippen LogP contribution in [0.4, 0.5) is 20.2 Å². The molecule has 8 heteroatoms. The van der Waals surface area contributed by atoms with Crippen molar-refractivity contribution in [3.05, 3.63) is 59.2 Å². The van der Waals surface area contributed by atoms with Gasteiger partial charge in [0.05, 0.1) is 22.5 Å². The number of aromatic carboxylic acids is 1. The average Bonchev–Trinajstić information content (AvgIpc) is 2.45. The molecule has 116 valence electrons. The van der Waals surface area contributed by atoms with E-state index in [0.717, 1.165) is 6.07 Å². The average molecular weight is 309 g/mol. The summed E-state index contributed by atoms with van der Waals surface area (Å²) in [6.07, 6.45) is 0. The van der Waals surface area contributed by atoms with Crippen molar-refractivity contribution in [2.45, 2.75) is 0 Å². The van der Waals surface area contributed by atoms with E-state index >= 15 is 0 Å². The molecule has 0 spiro atoms. The van der Waals surface area contributed by atoms with E-state index in [-0.39, 0.29) is 22.5 Å². The van der Waals surface area contributed by atoms with Crippen LogP contribution < -0.4 is 17.2 Å². The first kappa shape index (κ1) is 16.9. The quantitative estimate of drug-likeness (QED) is 0.626. The Bertz CT molecular complexity index is 659. The van der Waals surface area contributed by atoms with E-state index in [1.807, 2.05) is 0 Å². The molecule has 0 aliphatic heterocycles. The van der Waals surface area contributed by atoms with Gasteiger partial charge in [-0.3, -0.25) is 4.79 Å². The first-order valence-corrected chi connectivity index (χ1v) is 5.86. The third kappa shape index (κ3) is 3.92. The van der Waals surface area contributed by atoms with Crippen LogP contribution in [0.15, 0.2) is 36.4 Å². The molecule has 22 heavy (non-hydrogen) atoms. The molecule has 0 aliphatic carbocycles. The van der Waals surface area contributed by atoms with Gasteiger partial charge in [-0.05, 0) is 24.3 Å². The highest BCUT2D eigenvalue weighted by Gasteiger charge is 2.09. The molecule has 0 bridgehead atoms. The number of primary amides is 1. The van der Waals surface area contributed by atoms with E-state index in [9.17, 15) is 18.4 Å². The summed E-state index contributed by atoms with van der Waals surface area (Å²) in [6, 6.07) is 7.59. The van der Waals surface area contributed by atoms with Crippen molar-refractivity contribution in [1.82, 2.24) is 0 Å². The fourth-order valence-electron chi connectivity index (χ4n) is 1.48. The summed E-state index contributed by atoms with van der Waals surface area (Å²) in [5.74, 6) is -3.27. The van der Waals surface area contributed by atoms with E-state index in [1.54, 1.807) is 0 Å². The summed E-state index contributed by atoms with van der Waals surface area (Å²) in [5.41, 5.74) is 14.5. The number of rotatable bonds is 2. The number of para-hydroxylation sites is 2. The number of benzene rings is 2. The molecule has 0 aromatic heterocycles. The Balaban J connectivity index is 0.000000220. The zero-order valence-corrected chi connectivity index (χ0v) is 11.2. The number of anilines is 2. The predicted octanol–water partition coefficient (Wildman–Crippen LogP) is 1.61. The number of carboxylic acid groups (broad SMARTS) is 1. The van der Waals surface area contributed by atoms with E-state index in [2.05, 4.69) is 0 Å². The van der Waals surface area contributed by atoms with Crippen LogP contribution in [0.3, 0.4) is 0 Å². The summed E-state index contributed by atoms with van der Waals surface area (Å²) < 4.78 is 25.2. The normalized spacial score (nSPS) is 9.55. The number of hydrogen-bond donors (Lipinski definition) is 4. The molecule has 2 aromatic rings. The molecule has 0 fully saturated rings. The van der Waals surface area contributed by atoms with E-state index in [4.69, 9.17) is 22.3 Å². The monoisotopic (exact) mass is 309 g/mol. The molecule has 2 rings (SSSR count).